The summed E-state index contributed by atoms with van der Waals surface area (Å²) in [7, 11) is 0. The molecule has 0 saturated heterocycles. The maximum absolute atomic E-state index is 6.29. The van der Waals surface area contributed by atoms with Crippen LogP contribution >= 0.6 is 11.6 Å². The van der Waals surface area contributed by atoms with Crippen LogP contribution in [-0.2, 0) is 6.54 Å². The summed E-state index contributed by atoms with van der Waals surface area (Å²) >= 11 is 6.29. The third-order valence-corrected chi connectivity index (χ3v) is 3.45. The van der Waals surface area contributed by atoms with Gasteiger partial charge in [0.2, 0.25) is 0 Å². The Balaban J connectivity index is 2.77. The van der Waals surface area contributed by atoms with E-state index < -0.39 is 0 Å². The molecule has 0 aromatic heterocycles. The normalized spacial score (nSPS) is 13.4. The Hall–Kier alpha value is -0.730. The van der Waals surface area contributed by atoms with Gasteiger partial charge in [-0.2, -0.15) is 0 Å². The van der Waals surface area contributed by atoms with Crippen molar-refractivity contribution in [3.05, 3.63) is 28.8 Å². The number of nitrogens with one attached hydrogen (secondary N) is 1. The van der Waals surface area contributed by atoms with Gasteiger partial charge in [-0.1, -0.05) is 37.9 Å². The van der Waals surface area contributed by atoms with E-state index in [4.69, 9.17) is 16.3 Å². The van der Waals surface area contributed by atoms with Crippen molar-refractivity contribution >= 4 is 11.6 Å². The van der Waals surface area contributed by atoms with Crippen LogP contribution < -0.4 is 10.1 Å². The molecule has 108 valence electrons. The summed E-state index contributed by atoms with van der Waals surface area (Å²) in [5.41, 5.74) is 1.11. The minimum absolute atomic E-state index is 0.0626. The zero-order valence-corrected chi connectivity index (χ0v) is 13.5. The maximum Gasteiger partial charge on any atom is 0.125 e. The SMILES string of the molecule is CCC(C)COc1cccc(Cl)c1CNC(C)(C)C. The molecule has 0 aliphatic rings. The van der Waals surface area contributed by atoms with Crippen LogP contribution in [0.15, 0.2) is 18.2 Å². The van der Waals surface area contributed by atoms with E-state index in [9.17, 15) is 0 Å². The van der Waals surface area contributed by atoms with Gasteiger partial charge in [-0.25, -0.2) is 0 Å². The van der Waals surface area contributed by atoms with Gasteiger partial charge in [0.25, 0.3) is 0 Å². The van der Waals surface area contributed by atoms with E-state index in [1.54, 1.807) is 0 Å². The van der Waals surface area contributed by atoms with E-state index >= 15 is 0 Å². The van der Waals surface area contributed by atoms with Crippen molar-refractivity contribution in [1.82, 2.24) is 5.32 Å². The number of hydrogen-bond donors (Lipinski definition) is 1. The molecular formula is C16H26ClNO. The molecule has 0 aliphatic heterocycles. The lowest BCUT2D eigenvalue weighted by Gasteiger charge is -2.22. The molecule has 0 aliphatic carbocycles. The smallest absolute Gasteiger partial charge is 0.125 e. The minimum Gasteiger partial charge on any atom is -0.493 e. The van der Waals surface area contributed by atoms with E-state index in [1.807, 2.05) is 18.2 Å². The van der Waals surface area contributed by atoms with E-state index in [1.165, 1.54) is 0 Å². The zero-order chi connectivity index (χ0) is 14.5. The fourth-order valence-corrected chi connectivity index (χ4v) is 1.78. The molecule has 1 aromatic carbocycles. The molecule has 0 amide bonds. The van der Waals surface area contributed by atoms with E-state index in [2.05, 4.69) is 39.9 Å². The third kappa shape index (κ3) is 5.84. The first-order valence-corrected chi connectivity index (χ1v) is 7.36. The lowest BCUT2D eigenvalue weighted by Crippen LogP contribution is -2.35. The molecule has 0 heterocycles. The Labute approximate surface area is 122 Å². The average Bonchev–Trinajstić information content (AvgIpc) is 2.33. The second-order valence-electron chi connectivity index (χ2n) is 6.14. The Morgan fingerprint density at radius 1 is 1.32 bits per heavy atom. The van der Waals surface area contributed by atoms with Crippen LogP contribution in [-0.4, -0.2) is 12.1 Å². The Bertz CT molecular complexity index is 398. The van der Waals surface area contributed by atoms with Gasteiger partial charge in [-0.3, -0.25) is 0 Å². The lowest BCUT2D eigenvalue weighted by molar-refractivity contribution is 0.253. The molecule has 0 fully saturated rings. The van der Waals surface area contributed by atoms with Crippen molar-refractivity contribution in [3.63, 3.8) is 0 Å². The quantitative estimate of drug-likeness (QED) is 0.820. The predicted molar refractivity (Wildman–Crippen MR) is 83.0 cm³/mol. The molecule has 0 spiro atoms. The van der Waals surface area contributed by atoms with Crippen LogP contribution in [0.4, 0.5) is 0 Å². The molecule has 1 N–H and O–H groups in total. The largest absolute Gasteiger partial charge is 0.493 e. The van der Waals surface area contributed by atoms with Crippen LogP contribution in [0.3, 0.4) is 0 Å². The van der Waals surface area contributed by atoms with Crippen LogP contribution in [0.1, 0.15) is 46.6 Å². The van der Waals surface area contributed by atoms with Crippen LogP contribution in [0.25, 0.3) is 0 Å². The molecule has 19 heavy (non-hydrogen) atoms. The summed E-state index contributed by atoms with van der Waals surface area (Å²) in [6.07, 6.45) is 1.12. The summed E-state index contributed by atoms with van der Waals surface area (Å²) in [5, 5.41) is 4.22. The fraction of sp³-hybridized carbons (Fsp3) is 0.625. The summed E-state index contributed by atoms with van der Waals surface area (Å²) in [4.78, 5) is 0. The maximum atomic E-state index is 6.29. The van der Waals surface area contributed by atoms with Gasteiger partial charge in [0.1, 0.15) is 5.75 Å². The highest BCUT2D eigenvalue weighted by molar-refractivity contribution is 6.31. The molecule has 1 atom stereocenters. The highest BCUT2D eigenvalue weighted by atomic mass is 35.5. The van der Waals surface area contributed by atoms with E-state index in [0.29, 0.717) is 5.92 Å². The van der Waals surface area contributed by atoms with Crippen molar-refractivity contribution < 1.29 is 4.74 Å². The molecule has 2 nitrogen and oxygen atoms in total. The van der Waals surface area contributed by atoms with Crippen molar-refractivity contribution in [3.8, 4) is 5.75 Å². The number of hydrogen-bond acceptors (Lipinski definition) is 2. The molecular weight excluding hydrogens is 258 g/mol. The van der Waals surface area contributed by atoms with Crippen molar-refractivity contribution in [2.24, 2.45) is 5.92 Å². The second kappa shape index (κ2) is 7.16. The lowest BCUT2D eigenvalue weighted by atomic mass is 10.1. The van der Waals surface area contributed by atoms with Crippen molar-refractivity contribution in [1.29, 1.82) is 0 Å². The second-order valence-corrected chi connectivity index (χ2v) is 6.55. The average molecular weight is 284 g/mol. The fourth-order valence-electron chi connectivity index (χ4n) is 1.55. The molecule has 0 radical (unpaired) electrons. The molecule has 1 rings (SSSR count). The van der Waals surface area contributed by atoms with Gasteiger partial charge < -0.3 is 10.1 Å². The molecule has 3 heteroatoms. The third-order valence-electron chi connectivity index (χ3n) is 3.09. The van der Waals surface area contributed by atoms with Gasteiger partial charge in [0.05, 0.1) is 6.61 Å². The van der Waals surface area contributed by atoms with Gasteiger partial charge in [-0.15, -0.1) is 0 Å². The van der Waals surface area contributed by atoms with Crippen LogP contribution in [0.2, 0.25) is 5.02 Å². The van der Waals surface area contributed by atoms with E-state index in [0.717, 1.165) is 35.9 Å². The van der Waals surface area contributed by atoms with E-state index in [-0.39, 0.29) is 5.54 Å². The van der Waals surface area contributed by atoms with Gasteiger partial charge >= 0.3 is 0 Å². The first-order valence-electron chi connectivity index (χ1n) is 6.98. The highest BCUT2D eigenvalue weighted by Crippen LogP contribution is 2.27. The zero-order valence-electron chi connectivity index (χ0n) is 12.7. The summed E-state index contributed by atoms with van der Waals surface area (Å²) in [5.74, 6) is 1.45. The summed E-state index contributed by atoms with van der Waals surface area (Å²) in [6, 6.07) is 5.85. The van der Waals surface area contributed by atoms with Crippen LogP contribution in [0.5, 0.6) is 5.75 Å². The number of ether oxygens (including phenoxy) is 1. The number of rotatable bonds is 6. The molecule has 1 unspecified atom stereocenters. The molecule has 0 bridgehead atoms. The number of benzene rings is 1. The molecule has 1 aromatic rings. The van der Waals surface area contributed by atoms with Gasteiger partial charge in [0, 0.05) is 22.7 Å². The monoisotopic (exact) mass is 283 g/mol. The summed E-state index contributed by atoms with van der Waals surface area (Å²) < 4.78 is 5.91. The van der Waals surface area contributed by atoms with Crippen molar-refractivity contribution in [2.75, 3.05) is 6.61 Å². The standard InChI is InChI=1S/C16H26ClNO/c1-6-12(2)11-19-15-9-7-8-14(17)13(15)10-18-16(3,4)5/h7-9,12,18H,6,10-11H2,1-5H3. The Kier molecular flexibility index (Phi) is 6.15. The predicted octanol–water partition coefficient (Wildman–Crippen LogP) is 4.65. The minimum atomic E-state index is 0.0626. The van der Waals surface area contributed by atoms with Crippen molar-refractivity contribution in [2.45, 2.75) is 53.1 Å². The Morgan fingerprint density at radius 2 is 2.00 bits per heavy atom. The first-order chi connectivity index (χ1) is 8.83. The highest BCUT2D eigenvalue weighted by Gasteiger charge is 2.14. The first kappa shape index (κ1) is 16.3. The molecule has 0 saturated carbocycles. The van der Waals surface area contributed by atoms with Gasteiger partial charge in [0.15, 0.2) is 0 Å². The van der Waals surface area contributed by atoms with Crippen LogP contribution in [0, 0.1) is 5.92 Å². The van der Waals surface area contributed by atoms with Gasteiger partial charge in [-0.05, 0) is 38.8 Å². The summed E-state index contributed by atoms with van der Waals surface area (Å²) in [6.45, 7) is 12.3. The topological polar surface area (TPSA) is 21.3 Å². The number of halogens is 1. The Morgan fingerprint density at radius 3 is 2.58 bits per heavy atom.